The van der Waals surface area contributed by atoms with E-state index in [9.17, 15) is 14.7 Å². The van der Waals surface area contributed by atoms with E-state index in [0.717, 1.165) is 0 Å². The van der Waals surface area contributed by atoms with Crippen molar-refractivity contribution < 1.29 is 29.3 Å². The van der Waals surface area contributed by atoms with Gasteiger partial charge in [0.25, 0.3) is 0 Å². The van der Waals surface area contributed by atoms with Crippen LogP contribution in [0.5, 0.6) is 11.5 Å². The number of carboxylic acid groups (broad SMARTS) is 1. The van der Waals surface area contributed by atoms with Crippen molar-refractivity contribution >= 4 is 11.9 Å². The second-order valence-electron chi connectivity index (χ2n) is 5.19. The van der Waals surface area contributed by atoms with E-state index in [0.29, 0.717) is 35.1 Å². The summed E-state index contributed by atoms with van der Waals surface area (Å²) in [5, 5.41) is 19.3. The minimum atomic E-state index is -0.897. The number of fused-ring (bicyclic) bond motifs is 1. The zero-order valence-electron chi connectivity index (χ0n) is 12.2. The van der Waals surface area contributed by atoms with E-state index < -0.39 is 17.9 Å². The summed E-state index contributed by atoms with van der Waals surface area (Å²) in [6, 6.07) is 0. The highest BCUT2D eigenvalue weighted by Crippen LogP contribution is 2.42. The molecule has 1 aliphatic rings. The summed E-state index contributed by atoms with van der Waals surface area (Å²) < 4.78 is 10.3. The van der Waals surface area contributed by atoms with Gasteiger partial charge in [0.2, 0.25) is 0 Å². The number of ether oxygens (including phenoxy) is 2. The lowest BCUT2D eigenvalue weighted by Gasteiger charge is -2.16. The number of methoxy groups -OCH3 is 1. The van der Waals surface area contributed by atoms with Gasteiger partial charge in [-0.25, -0.2) is 4.79 Å². The Kier molecular flexibility index (Phi) is 4.06. The fourth-order valence-electron chi connectivity index (χ4n) is 2.50. The van der Waals surface area contributed by atoms with Crippen LogP contribution in [0.4, 0.5) is 0 Å². The zero-order valence-corrected chi connectivity index (χ0v) is 12.2. The van der Waals surface area contributed by atoms with Crippen LogP contribution in [0.1, 0.15) is 40.4 Å². The molecule has 1 atom stereocenters. The summed E-state index contributed by atoms with van der Waals surface area (Å²) >= 11 is 0. The van der Waals surface area contributed by atoms with Crippen LogP contribution in [0, 0.1) is 12.8 Å². The molecule has 0 unspecified atom stereocenters. The number of hydrogen-bond acceptors (Lipinski definition) is 5. The Bertz CT molecular complexity index is 605. The smallest absolute Gasteiger partial charge is 0.342 e. The Morgan fingerprint density at radius 3 is 2.71 bits per heavy atom. The second kappa shape index (κ2) is 5.63. The average Bonchev–Trinajstić information content (AvgIpc) is 2.83. The Morgan fingerprint density at radius 1 is 1.48 bits per heavy atom. The maximum absolute atomic E-state index is 11.8. The molecule has 1 aromatic rings. The van der Waals surface area contributed by atoms with Gasteiger partial charge in [0.15, 0.2) is 0 Å². The van der Waals surface area contributed by atoms with Gasteiger partial charge in [-0.1, -0.05) is 6.92 Å². The fourth-order valence-corrected chi connectivity index (χ4v) is 2.50. The van der Waals surface area contributed by atoms with Gasteiger partial charge in [-0.05, 0) is 25.3 Å². The number of phenolic OH excluding ortho intramolecular Hbond substituents is 1. The molecule has 0 fully saturated rings. The first-order valence-electron chi connectivity index (χ1n) is 6.69. The third-order valence-corrected chi connectivity index (χ3v) is 3.90. The van der Waals surface area contributed by atoms with E-state index in [-0.39, 0.29) is 18.1 Å². The highest BCUT2D eigenvalue weighted by Gasteiger charge is 2.32. The van der Waals surface area contributed by atoms with Crippen LogP contribution >= 0.6 is 0 Å². The summed E-state index contributed by atoms with van der Waals surface area (Å²) in [6.07, 6.45) is 0.649. The summed E-state index contributed by atoms with van der Waals surface area (Å²) in [5.41, 5.74) is 2.01. The molecule has 1 aliphatic heterocycles. The lowest BCUT2D eigenvalue weighted by atomic mass is 9.92. The minimum Gasteiger partial charge on any atom is -0.507 e. The lowest BCUT2D eigenvalue weighted by molar-refractivity contribution is -0.141. The molecule has 0 aromatic heterocycles. The van der Waals surface area contributed by atoms with Crippen LogP contribution in [0.3, 0.4) is 0 Å². The number of carbonyl (C=O) groups is 2. The first-order chi connectivity index (χ1) is 9.88. The highest BCUT2D eigenvalue weighted by atomic mass is 16.5. The van der Waals surface area contributed by atoms with E-state index in [1.807, 2.05) is 0 Å². The van der Waals surface area contributed by atoms with Gasteiger partial charge in [0.1, 0.15) is 23.7 Å². The van der Waals surface area contributed by atoms with Gasteiger partial charge >= 0.3 is 11.9 Å². The molecular formula is C15H18O6. The van der Waals surface area contributed by atoms with Crippen LogP contribution in [0.25, 0.3) is 0 Å². The summed E-state index contributed by atoms with van der Waals surface area (Å²) in [4.78, 5) is 22.7. The molecule has 0 saturated heterocycles. The molecule has 21 heavy (non-hydrogen) atoms. The monoisotopic (exact) mass is 294 g/mol. The molecule has 0 radical (unpaired) electrons. The van der Waals surface area contributed by atoms with Crippen LogP contribution in [-0.4, -0.2) is 29.3 Å². The first-order valence-corrected chi connectivity index (χ1v) is 6.69. The quantitative estimate of drug-likeness (QED) is 0.807. The predicted molar refractivity (Wildman–Crippen MR) is 73.6 cm³/mol. The molecule has 2 rings (SSSR count). The molecule has 6 heteroatoms. The molecule has 1 heterocycles. The molecule has 1 aromatic carbocycles. The average molecular weight is 294 g/mol. The predicted octanol–water partition coefficient (Wildman–Crippen LogP) is 2.03. The number of hydrogen-bond donors (Lipinski definition) is 2. The molecule has 6 nitrogen and oxygen atoms in total. The number of aliphatic carboxylic acids is 1. The number of esters is 1. The van der Waals surface area contributed by atoms with Crippen molar-refractivity contribution in [3.63, 3.8) is 0 Å². The molecule has 0 amide bonds. The van der Waals surface area contributed by atoms with Crippen LogP contribution < -0.4 is 4.74 Å². The van der Waals surface area contributed by atoms with Crippen molar-refractivity contribution in [3.05, 3.63) is 22.3 Å². The molecular weight excluding hydrogens is 276 g/mol. The molecule has 2 N–H and O–H groups in total. The van der Waals surface area contributed by atoms with Gasteiger partial charge in [-0.2, -0.15) is 0 Å². The Hall–Kier alpha value is -2.24. The number of aromatic hydroxyl groups is 1. The number of carboxylic acids is 1. The SMILES string of the molecule is COc1c(CC[C@H](C)C(=O)O)c(O)c(C)c2c1C(=O)OC2. The normalized spacial score (nSPS) is 14.5. The van der Waals surface area contributed by atoms with Gasteiger partial charge in [-0.3, -0.25) is 4.79 Å². The van der Waals surface area contributed by atoms with Gasteiger partial charge in [0, 0.05) is 11.1 Å². The van der Waals surface area contributed by atoms with Crippen LogP contribution in [0.15, 0.2) is 0 Å². The summed E-state index contributed by atoms with van der Waals surface area (Å²) in [7, 11) is 1.42. The molecule has 0 saturated carbocycles. The third kappa shape index (κ3) is 2.53. The first kappa shape index (κ1) is 15.2. The van der Waals surface area contributed by atoms with Crippen molar-refractivity contribution in [1.29, 1.82) is 0 Å². The van der Waals surface area contributed by atoms with Crippen molar-refractivity contribution in [2.75, 3.05) is 7.11 Å². The zero-order chi connectivity index (χ0) is 15.7. The van der Waals surface area contributed by atoms with Crippen molar-refractivity contribution in [2.24, 2.45) is 5.92 Å². The lowest BCUT2D eigenvalue weighted by Crippen LogP contribution is -2.11. The number of cyclic esters (lactones) is 1. The van der Waals surface area contributed by atoms with E-state index >= 15 is 0 Å². The van der Waals surface area contributed by atoms with Crippen molar-refractivity contribution in [2.45, 2.75) is 33.3 Å². The molecule has 114 valence electrons. The Balaban J connectivity index is 2.46. The minimum absolute atomic E-state index is 0.0430. The number of rotatable bonds is 5. The molecule has 0 spiro atoms. The van der Waals surface area contributed by atoms with E-state index in [1.54, 1.807) is 13.8 Å². The van der Waals surface area contributed by atoms with Gasteiger partial charge in [0.05, 0.1) is 13.0 Å². The summed E-state index contributed by atoms with van der Waals surface area (Å²) in [5.74, 6) is -1.59. The van der Waals surface area contributed by atoms with Gasteiger partial charge < -0.3 is 19.7 Å². The van der Waals surface area contributed by atoms with E-state index in [4.69, 9.17) is 14.6 Å². The number of carbonyl (C=O) groups excluding carboxylic acids is 1. The molecule has 0 bridgehead atoms. The molecule has 0 aliphatic carbocycles. The maximum atomic E-state index is 11.8. The Morgan fingerprint density at radius 2 is 2.14 bits per heavy atom. The van der Waals surface area contributed by atoms with Gasteiger partial charge in [-0.15, -0.1) is 0 Å². The number of benzene rings is 1. The van der Waals surface area contributed by atoms with Crippen LogP contribution in [0.2, 0.25) is 0 Å². The second-order valence-corrected chi connectivity index (χ2v) is 5.19. The van der Waals surface area contributed by atoms with Crippen LogP contribution in [-0.2, 0) is 22.6 Å². The number of phenols is 1. The highest BCUT2D eigenvalue weighted by molar-refractivity contribution is 5.98. The third-order valence-electron chi connectivity index (χ3n) is 3.90. The fraction of sp³-hybridized carbons (Fsp3) is 0.467. The van der Waals surface area contributed by atoms with Crippen molar-refractivity contribution in [3.8, 4) is 11.5 Å². The van der Waals surface area contributed by atoms with Crippen molar-refractivity contribution in [1.82, 2.24) is 0 Å². The largest absolute Gasteiger partial charge is 0.507 e. The maximum Gasteiger partial charge on any atom is 0.342 e. The van der Waals surface area contributed by atoms with E-state index in [1.165, 1.54) is 7.11 Å². The standard InChI is InChI=1S/C15H18O6/c1-7(14(17)18)4-5-9-12(16)8(2)10-6-21-15(19)11(10)13(9)20-3/h7,16H,4-6H2,1-3H3,(H,17,18)/t7-/m0/s1. The van der Waals surface area contributed by atoms with E-state index in [2.05, 4.69) is 0 Å². The topological polar surface area (TPSA) is 93.1 Å². The summed E-state index contributed by atoms with van der Waals surface area (Å²) in [6.45, 7) is 3.43. The Labute approximate surface area is 122 Å².